The summed E-state index contributed by atoms with van der Waals surface area (Å²) in [5.74, 6) is -0.508. The largest absolute Gasteiger partial charge is 0.496 e. The topological polar surface area (TPSA) is 99.1 Å². The zero-order chi connectivity index (χ0) is 20.6. The number of ether oxygens (including phenoxy) is 2. The molecule has 8 heteroatoms. The lowest BCUT2D eigenvalue weighted by Gasteiger charge is -2.11. The Kier molecular flexibility index (Phi) is 7.69. The van der Waals surface area contributed by atoms with Gasteiger partial charge in [0.15, 0.2) is 0 Å². The molecule has 0 amide bonds. The number of aromatic carboxylic acids is 1. The molecule has 2 rings (SSSR count). The van der Waals surface area contributed by atoms with Crippen molar-refractivity contribution in [3.05, 3.63) is 48.0 Å². The average Bonchev–Trinajstić information content (AvgIpc) is 2.68. The first kappa shape index (κ1) is 21.6. The van der Waals surface area contributed by atoms with Crippen LogP contribution in [0.2, 0.25) is 0 Å². The molecule has 0 heterocycles. The van der Waals surface area contributed by atoms with Crippen LogP contribution in [-0.4, -0.2) is 33.2 Å². The molecule has 0 radical (unpaired) electrons. The monoisotopic (exact) mass is 408 g/mol. The molecule has 0 saturated heterocycles. The number of benzene rings is 2. The van der Waals surface area contributed by atoms with Crippen molar-refractivity contribution < 1.29 is 32.0 Å². The summed E-state index contributed by atoms with van der Waals surface area (Å²) in [5, 5.41) is 9.20. The van der Waals surface area contributed by atoms with Gasteiger partial charge in [-0.15, -0.1) is 0 Å². The fourth-order valence-corrected chi connectivity index (χ4v) is 3.45. The highest BCUT2D eigenvalue weighted by atomic mass is 32.2. The molecule has 2 aromatic rings. The second-order valence-corrected chi connectivity index (χ2v) is 7.63. The molecule has 0 aliphatic carbocycles. The van der Waals surface area contributed by atoms with Gasteiger partial charge < -0.3 is 18.8 Å². The van der Waals surface area contributed by atoms with Crippen molar-refractivity contribution in [2.45, 2.75) is 37.5 Å². The number of unbranched alkanes of at least 4 members (excludes halogenated alkanes) is 3. The van der Waals surface area contributed by atoms with Crippen molar-refractivity contribution in [2.75, 3.05) is 13.7 Å². The third-order valence-electron chi connectivity index (χ3n) is 3.99. The van der Waals surface area contributed by atoms with Gasteiger partial charge in [0.2, 0.25) is 0 Å². The predicted octanol–water partition coefficient (Wildman–Crippen LogP) is 4.12. The minimum Gasteiger partial charge on any atom is -0.496 e. The van der Waals surface area contributed by atoms with Gasteiger partial charge in [-0.1, -0.05) is 26.2 Å². The minimum absolute atomic E-state index is 0.0619. The average molecular weight is 408 g/mol. The van der Waals surface area contributed by atoms with E-state index < -0.39 is 16.1 Å². The van der Waals surface area contributed by atoms with E-state index in [1.54, 1.807) is 12.1 Å². The molecule has 0 aromatic heterocycles. The Labute approximate surface area is 165 Å². The molecule has 0 aliphatic rings. The zero-order valence-corrected chi connectivity index (χ0v) is 16.7. The van der Waals surface area contributed by atoms with Gasteiger partial charge >= 0.3 is 16.1 Å². The van der Waals surface area contributed by atoms with E-state index in [2.05, 4.69) is 6.92 Å². The summed E-state index contributed by atoms with van der Waals surface area (Å²) in [6, 6.07) is 9.73. The fourth-order valence-electron chi connectivity index (χ4n) is 2.49. The molecule has 28 heavy (non-hydrogen) atoms. The summed E-state index contributed by atoms with van der Waals surface area (Å²) in [6.07, 6.45) is 4.39. The van der Waals surface area contributed by atoms with Crippen LogP contribution in [-0.2, 0) is 10.1 Å². The molecule has 0 unspecified atom stereocenters. The maximum atomic E-state index is 12.4. The van der Waals surface area contributed by atoms with Crippen LogP contribution in [0.3, 0.4) is 0 Å². The van der Waals surface area contributed by atoms with Gasteiger partial charge in [0.25, 0.3) is 0 Å². The SMILES string of the molecule is CCCCCCOc1ccc(OS(=O)(=O)c2ccc(OC)c(C(=O)O)c2)cc1. The maximum absolute atomic E-state index is 12.4. The van der Waals surface area contributed by atoms with Crippen LogP contribution < -0.4 is 13.7 Å². The van der Waals surface area contributed by atoms with E-state index in [0.29, 0.717) is 12.4 Å². The Morgan fingerprint density at radius 1 is 1.00 bits per heavy atom. The molecular weight excluding hydrogens is 384 g/mol. The van der Waals surface area contributed by atoms with Gasteiger partial charge in [-0.05, 0) is 48.9 Å². The van der Waals surface area contributed by atoms with Crippen molar-refractivity contribution in [3.8, 4) is 17.2 Å². The van der Waals surface area contributed by atoms with Crippen LogP contribution in [0.5, 0.6) is 17.2 Å². The number of hydrogen-bond acceptors (Lipinski definition) is 6. The van der Waals surface area contributed by atoms with Gasteiger partial charge in [0, 0.05) is 0 Å². The summed E-state index contributed by atoms with van der Waals surface area (Å²) >= 11 is 0. The molecule has 0 saturated carbocycles. The molecule has 2 aromatic carbocycles. The third-order valence-corrected chi connectivity index (χ3v) is 5.23. The van der Waals surface area contributed by atoms with E-state index in [1.165, 1.54) is 37.8 Å². The Hall–Kier alpha value is -2.74. The normalized spacial score (nSPS) is 11.1. The first-order chi connectivity index (χ1) is 13.4. The lowest BCUT2D eigenvalue weighted by Crippen LogP contribution is -2.11. The Morgan fingerprint density at radius 3 is 2.29 bits per heavy atom. The molecule has 7 nitrogen and oxygen atoms in total. The number of hydrogen-bond donors (Lipinski definition) is 1. The lowest BCUT2D eigenvalue weighted by molar-refractivity contribution is 0.0693. The van der Waals surface area contributed by atoms with Gasteiger partial charge in [-0.25, -0.2) is 4.79 Å². The molecule has 0 fully saturated rings. The van der Waals surface area contributed by atoms with E-state index in [-0.39, 0.29) is 22.0 Å². The maximum Gasteiger partial charge on any atom is 0.339 e. The van der Waals surface area contributed by atoms with Crippen molar-refractivity contribution in [1.82, 2.24) is 0 Å². The van der Waals surface area contributed by atoms with Crippen molar-refractivity contribution >= 4 is 16.1 Å². The van der Waals surface area contributed by atoms with Gasteiger partial charge in [0.05, 0.1) is 13.7 Å². The van der Waals surface area contributed by atoms with Crippen LogP contribution in [0.25, 0.3) is 0 Å². The molecule has 0 aliphatic heterocycles. The molecule has 0 atom stereocenters. The van der Waals surface area contributed by atoms with Crippen LogP contribution >= 0.6 is 0 Å². The number of carbonyl (C=O) groups is 1. The van der Waals surface area contributed by atoms with E-state index in [1.807, 2.05) is 0 Å². The summed E-state index contributed by atoms with van der Waals surface area (Å²) < 4.78 is 40.5. The molecule has 0 spiro atoms. The van der Waals surface area contributed by atoms with E-state index in [9.17, 15) is 18.3 Å². The van der Waals surface area contributed by atoms with Gasteiger partial charge in [-0.3, -0.25) is 0 Å². The van der Waals surface area contributed by atoms with E-state index in [4.69, 9.17) is 13.7 Å². The second kappa shape index (κ2) is 9.98. The quantitative estimate of drug-likeness (QED) is 0.441. The molecule has 1 N–H and O–H groups in total. The van der Waals surface area contributed by atoms with Crippen molar-refractivity contribution in [3.63, 3.8) is 0 Å². The van der Waals surface area contributed by atoms with Gasteiger partial charge in [0.1, 0.15) is 27.7 Å². The van der Waals surface area contributed by atoms with Crippen LogP contribution in [0.4, 0.5) is 0 Å². The number of methoxy groups -OCH3 is 1. The summed E-state index contributed by atoms with van der Waals surface area (Å²) in [5.41, 5.74) is -0.265. The fraction of sp³-hybridized carbons (Fsp3) is 0.350. The van der Waals surface area contributed by atoms with Gasteiger partial charge in [-0.2, -0.15) is 8.42 Å². The minimum atomic E-state index is -4.19. The number of carboxylic acids is 1. The highest BCUT2D eigenvalue weighted by molar-refractivity contribution is 7.87. The summed E-state index contributed by atoms with van der Waals surface area (Å²) in [4.78, 5) is 11.0. The first-order valence-corrected chi connectivity index (χ1v) is 10.4. The molecule has 0 bridgehead atoms. The summed E-state index contributed by atoms with van der Waals surface area (Å²) in [6.45, 7) is 2.74. The highest BCUT2D eigenvalue weighted by Crippen LogP contribution is 2.26. The summed E-state index contributed by atoms with van der Waals surface area (Å²) in [7, 11) is -2.89. The second-order valence-electron chi connectivity index (χ2n) is 6.09. The van der Waals surface area contributed by atoms with Crippen molar-refractivity contribution in [1.29, 1.82) is 0 Å². The highest BCUT2D eigenvalue weighted by Gasteiger charge is 2.21. The lowest BCUT2D eigenvalue weighted by atomic mass is 10.2. The Balaban J connectivity index is 2.06. The zero-order valence-electron chi connectivity index (χ0n) is 15.9. The third kappa shape index (κ3) is 5.88. The Morgan fingerprint density at radius 2 is 1.68 bits per heavy atom. The van der Waals surface area contributed by atoms with E-state index in [0.717, 1.165) is 25.3 Å². The number of rotatable bonds is 11. The number of carboxylic acid groups (broad SMARTS) is 1. The van der Waals surface area contributed by atoms with Crippen molar-refractivity contribution in [2.24, 2.45) is 0 Å². The first-order valence-electron chi connectivity index (χ1n) is 8.96. The smallest absolute Gasteiger partial charge is 0.339 e. The predicted molar refractivity (Wildman–Crippen MR) is 104 cm³/mol. The standard InChI is InChI=1S/C20H24O7S/c1-3-4-5-6-13-26-15-7-9-16(10-8-15)27-28(23,24)17-11-12-19(25-2)18(14-17)20(21)22/h7-12,14H,3-6,13H2,1-2H3,(H,21,22). The van der Waals surface area contributed by atoms with Crippen LogP contribution in [0, 0.1) is 0 Å². The van der Waals surface area contributed by atoms with E-state index >= 15 is 0 Å². The molecule has 152 valence electrons. The molecular formula is C20H24O7S. The van der Waals surface area contributed by atoms with Crippen LogP contribution in [0.15, 0.2) is 47.4 Å². The van der Waals surface area contributed by atoms with Crippen LogP contribution in [0.1, 0.15) is 43.0 Å². The Bertz CT molecular complexity index is 889.